The quantitative estimate of drug-likeness (QED) is 0.228. The zero-order valence-corrected chi connectivity index (χ0v) is 27.7. The lowest BCUT2D eigenvalue weighted by molar-refractivity contribution is -0.116. The number of hydrogen-bond acceptors (Lipinski definition) is 5. The van der Waals surface area contributed by atoms with Gasteiger partial charge in [-0.3, -0.25) is 9.69 Å². The monoisotopic (exact) mass is 601 g/mol. The van der Waals surface area contributed by atoms with Crippen LogP contribution in [0, 0.1) is 35.0 Å². The third kappa shape index (κ3) is 5.58. The summed E-state index contributed by atoms with van der Waals surface area (Å²) in [4.78, 5) is 15.0. The number of likely N-dealkylation sites (tertiary alicyclic amines) is 1. The molecule has 1 aromatic carbocycles. The summed E-state index contributed by atoms with van der Waals surface area (Å²) in [5.41, 5.74) is 6.27. The molecule has 5 heteroatoms. The van der Waals surface area contributed by atoms with E-state index >= 15 is 0 Å². The van der Waals surface area contributed by atoms with E-state index in [-0.39, 0.29) is 11.0 Å². The molecule has 7 rings (SSSR count). The molecular weight excluding hydrogens is 546 g/mol. The second kappa shape index (κ2) is 12.4. The first-order valence-corrected chi connectivity index (χ1v) is 17.8. The lowest BCUT2D eigenvalue weighted by Crippen LogP contribution is -2.52. The van der Waals surface area contributed by atoms with Gasteiger partial charge in [-0.15, -0.1) is 0 Å². The van der Waals surface area contributed by atoms with Crippen LogP contribution in [-0.4, -0.2) is 61.3 Å². The van der Waals surface area contributed by atoms with Crippen molar-refractivity contribution >= 4 is 5.78 Å². The molecule has 0 amide bonds. The highest BCUT2D eigenvalue weighted by Crippen LogP contribution is 2.64. The Kier molecular flexibility index (Phi) is 8.71. The molecule has 2 aliphatic heterocycles. The van der Waals surface area contributed by atoms with Crippen LogP contribution in [0.1, 0.15) is 91.0 Å². The number of allylic oxidation sites excluding steroid dienone is 3. The average molecular weight is 602 g/mol. The number of carbonyl (C=O) groups excluding carboxylic acids is 1. The van der Waals surface area contributed by atoms with Gasteiger partial charge in [-0.2, -0.15) is 0 Å². The van der Waals surface area contributed by atoms with Gasteiger partial charge < -0.3 is 14.2 Å². The summed E-state index contributed by atoms with van der Waals surface area (Å²) >= 11 is 0. The molecule has 2 heterocycles. The summed E-state index contributed by atoms with van der Waals surface area (Å²) in [6.07, 6.45) is 12.5. The van der Waals surface area contributed by atoms with E-state index in [0.717, 1.165) is 51.3 Å². The Morgan fingerprint density at radius 1 is 1.02 bits per heavy atom. The maximum atomic E-state index is 12.3. The minimum absolute atomic E-state index is 0.0401. The highest BCUT2D eigenvalue weighted by Gasteiger charge is 2.59. The molecule has 0 bridgehead atoms. The van der Waals surface area contributed by atoms with E-state index in [1.165, 1.54) is 43.2 Å². The number of piperidine rings is 1. The van der Waals surface area contributed by atoms with Gasteiger partial charge in [0.15, 0.2) is 5.78 Å². The van der Waals surface area contributed by atoms with Crippen molar-refractivity contribution in [3.63, 3.8) is 0 Å². The van der Waals surface area contributed by atoms with Crippen molar-refractivity contribution in [2.24, 2.45) is 35.0 Å². The summed E-state index contributed by atoms with van der Waals surface area (Å²) in [6.45, 7) is 14.6. The number of benzene rings is 1. The fourth-order valence-corrected chi connectivity index (χ4v) is 10.9. The van der Waals surface area contributed by atoms with Gasteiger partial charge in [-0.25, -0.2) is 0 Å². The number of rotatable bonds is 8. The van der Waals surface area contributed by atoms with Crippen LogP contribution >= 0.6 is 0 Å². The number of carbonyl (C=O) groups is 1. The SMILES string of the molecule is CC1=C2C[C@H]3[C@@H](CCC4=CC(=O)CC[C@@]43C)[C@@H]2CC[C@@]2(C1)OC1C[C@H](C)CN(CCOCCOCc3ccccc3)[C@H]1[C@H]2C. The number of ether oxygens (including phenoxy) is 3. The van der Waals surface area contributed by atoms with Crippen molar-refractivity contribution in [3.05, 3.63) is 58.7 Å². The zero-order chi connectivity index (χ0) is 30.5. The number of hydrogen-bond donors (Lipinski definition) is 0. The second-order valence-corrected chi connectivity index (χ2v) is 15.7. The molecule has 0 N–H and O–H groups in total. The van der Waals surface area contributed by atoms with E-state index < -0.39 is 0 Å². The van der Waals surface area contributed by atoms with Gasteiger partial charge in [0, 0.05) is 31.5 Å². The largest absolute Gasteiger partial charge is 0.378 e. The Bertz CT molecular complexity index is 1270. The predicted octanol–water partition coefficient (Wildman–Crippen LogP) is 7.55. The van der Waals surface area contributed by atoms with Crippen LogP contribution in [0.5, 0.6) is 0 Å². The molecule has 2 saturated heterocycles. The second-order valence-electron chi connectivity index (χ2n) is 15.7. The molecule has 0 aromatic heterocycles. The molecule has 0 radical (unpaired) electrons. The summed E-state index contributed by atoms with van der Waals surface area (Å²) in [7, 11) is 0. The lowest BCUT2D eigenvalue weighted by Gasteiger charge is -2.48. The lowest BCUT2D eigenvalue weighted by atomic mass is 9.56. The Hall–Kier alpha value is -1.79. The van der Waals surface area contributed by atoms with Crippen LogP contribution in [0.3, 0.4) is 0 Å². The van der Waals surface area contributed by atoms with E-state index in [2.05, 4.69) is 56.9 Å². The molecule has 1 unspecified atom stereocenters. The molecular formula is C39H55NO4. The topological polar surface area (TPSA) is 48.0 Å². The first kappa shape index (κ1) is 30.8. The van der Waals surface area contributed by atoms with Crippen molar-refractivity contribution in [2.45, 2.75) is 110 Å². The van der Waals surface area contributed by atoms with Gasteiger partial charge in [0.05, 0.1) is 38.1 Å². The van der Waals surface area contributed by atoms with Crippen molar-refractivity contribution in [1.29, 1.82) is 0 Å². The van der Waals surface area contributed by atoms with E-state index in [9.17, 15) is 4.79 Å². The van der Waals surface area contributed by atoms with Gasteiger partial charge in [-0.1, -0.05) is 67.8 Å². The van der Waals surface area contributed by atoms with E-state index in [1.807, 2.05) is 12.1 Å². The highest BCUT2D eigenvalue weighted by atomic mass is 16.5. The first-order chi connectivity index (χ1) is 21.3. The van der Waals surface area contributed by atoms with Gasteiger partial charge >= 0.3 is 0 Å². The van der Waals surface area contributed by atoms with E-state index in [1.54, 1.807) is 11.1 Å². The normalized spacial score (nSPS) is 40.3. The Balaban J connectivity index is 0.988. The van der Waals surface area contributed by atoms with Crippen molar-refractivity contribution < 1.29 is 19.0 Å². The van der Waals surface area contributed by atoms with Crippen LogP contribution in [0.25, 0.3) is 0 Å². The number of ketones is 1. The fourth-order valence-electron chi connectivity index (χ4n) is 10.9. The molecule has 4 fully saturated rings. The maximum Gasteiger partial charge on any atom is 0.155 e. The molecule has 1 spiro atoms. The van der Waals surface area contributed by atoms with Crippen LogP contribution in [-0.2, 0) is 25.6 Å². The third-order valence-electron chi connectivity index (χ3n) is 13.2. The standard InChI is InChI=1S/C39H55NO4/c1-26-20-36-37(40(24-26)16-17-42-18-19-43-25-29-8-6-5-7-9-29)28(3)39(44-36)15-13-32-33-11-10-30-21-31(41)12-14-38(30,4)35(33)22-34(32)27(2)23-39/h5-9,21,26,28,32-33,35-37H,10-20,22-25H2,1-4H3/t26-,28+,32-,33-,35-,36?,37-,38-,39-/m0/s1. The Morgan fingerprint density at radius 3 is 2.68 bits per heavy atom. The fraction of sp³-hybridized carbons (Fsp3) is 0.718. The summed E-state index contributed by atoms with van der Waals surface area (Å²) in [6, 6.07) is 10.8. The minimum atomic E-state index is -0.0401. The summed E-state index contributed by atoms with van der Waals surface area (Å²) in [5, 5.41) is 0. The highest BCUT2D eigenvalue weighted by molar-refractivity contribution is 5.91. The molecule has 1 aromatic rings. The van der Waals surface area contributed by atoms with E-state index in [0.29, 0.717) is 61.4 Å². The predicted molar refractivity (Wildman–Crippen MR) is 174 cm³/mol. The van der Waals surface area contributed by atoms with Crippen molar-refractivity contribution in [2.75, 3.05) is 32.9 Å². The Labute approximate surface area is 265 Å². The maximum absolute atomic E-state index is 12.3. The van der Waals surface area contributed by atoms with Crippen LogP contribution in [0.2, 0.25) is 0 Å². The smallest absolute Gasteiger partial charge is 0.155 e. The minimum Gasteiger partial charge on any atom is -0.378 e. The summed E-state index contributed by atoms with van der Waals surface area (Å²) in [5.74, 6) is 3.71. The third-order valence-corrected chi connectivity index (χ3v) is 13.2. The van der Waals surface area contributed by atoms with Gasteiger partial charge in [0.25, 0.3) is 0 Å². The first-order valence-electron chi connectivity index (χ1n) is 17.8. The average Bonchev–Trinajstić information content (AvgIpc) is 3.47. The number of fused-ring (bicyclic) bond motifs is 6. The molecule has 2 saturated carbocycles. The van der Waals surface area contributed by atoms with Gasteiger partial charge in [-0.05, 0) is 99.0 Å². The van der Waals surface area contributed by atoms with Crippen molar-refractivity contribution in [1.82, 2.24) is 4.90 Å². The molecule has 6 aliphatic rings. The molecule has 5 nitrogen and oxygen atoms in total. The van der Waals surface area contributed by atoms with Crippen LogP contribution < -0.4 is 0 Å². The van der Waals surface area contributed by atoms with Crippen molar-refractivity contribution in [3.8, 4) is 0 Å². The summed E-state index contributed by atoms with van der Waals surface area (Å²) < 4.78 is 19.2. The zero-order valence-electron chi connectivity index (χ0n) is 27.7. The van der Waals surface area contributed by atoms with Crippen LogP contribution in [0.4, 0.5) is 0 Å². The van der Waals surface area contributed by atoms with Gasteiger partial charge in [0.2, 0.25) is 0 Å². The van der Waals surface area contributed by atoms with Crippen LogP contribution in [0.15, 0.2) is 53.1 Å². The molecule has 240 valence electrons. The molecule has 9 atom stereocenters. The van der Waals surface area contributed by atoms with E-state index in [4.69, 9.17) is 14.2 Å². The molecule has 44 heavy (non-hydrogen) atoms. The Morgan fingerprint density at radius 2 is 1.84 bits per heavy atom. The van der Waals surface area contributed by atoms with Gasteiger partial charge in [0.1, 0.15) is 0 Å². The molecule has 4 aliphatic carbocycles. The number of nitrogens with zero attached hydrogens (tertiary/aromatic N) is 1.